The highest BCUT2D eigenvalue weighted by atomic mass is 19.1. The molecule has 0 saturated heterocycles. The predicted molar refractivity (Wildman–Crippen MR) is 101 cm³/mol. The standard InChI is InChI=1S/C21H30FNO3/c1-3-4-5-6-7-8-9-10-11-15-26-21(25)17(2)23-20(24)18-13-12-14-19(22)16-18/h3,12-14,16-17H,1,4-11,15H2,2H3,(H,23,24). The number of unbranched alkanes of at least 4 members (excludes halogenated alkanes) is 7. The molecule has 0 aromatic heterocycles. The first-order valence-electron chi connectivity index (χ1n) is 9.38. The number of halogens is 1. The Kier molecular flexibility index (Phi) is 11.0. The molecule has 0 fully saturated rings. The van der Waals surface area contributed by atoms with Gasteiger partial charge in [0.2, 0.25) is 0 Å². The van der Waals surface area contributed by atoms with Crippen LogP contribution in [0.15, 0.2) is 36.9 Å². The Labute approximate surface area is 155 Å². The van der Waals surface area contributed by atoms with E-state index in [4.69, 9.17) is 4.74 Å². The van der Waals surface area contributed by atoms with Crippen molar-refractivity contribution in [2.45, 2.75) is 64.3 Å². The number of hydrogen-bond acceptors (Lipinski definition) is 3. The van der Waals surface area contributed by atoms with Crippen LogP contribution in [0.4, 0.5) is 4.39 Å². The van der Waals surface area contributed by atoms with E-state index < -0.39 is 23.7 Å². The maximum absolute atomic E-state index is 13.1. The summed E-state index contributed by atoms with van der Waals surface area (Å²) in [4.78, 5) is 23.9. The number of carbonyl (C=O) groups excluding carboxylic acids is 2. The maximum atomic E-state index is 13.1. The van der Waals surface area contributed by atoms with Crippen LogP contribution < -0.4 is 5.32 Å². The van der Waals surface area contributed by atoms with Crippen molar-refractivity contribution in [3.8, 4) is 0 Å². The van der Waals surface area contributed by atoms with Crippen LogP contribution in [-0.4, -0.2) is 24.5 Å². The molecule has 0 radical (unpaired) electrons. The first-order valence-corrected chi connectivity index (χ1v) is 9.38. The number of benzene rings is 1. The average Bonchev–Trinajstić information content (AvgIpc) is 2.63. The van der Waals surface area contributed by atoms with E-state index in [1.807, 2.05) is 6.08 Å². The zero-order valence-corrected chi connectivity index (χ0v) is 15.6. The molecule has 0 bridgehead atoms. The van der Waals surface area contributed by atoms with Gasteiger partial charge in [-0.05, 0) is 44.4 Å². The summed E-state index contributed by atoms with van der Waals surface area (Å²) in [7, 11) is 0. The molecule has 5 heteroatoms. The lowest BCUT2D eigenvalue weighted by Crippen LogP contribution is -2.39. The van der Waals surface area contributed by atoms with E-state index in [9.17, 15) is 14.0 Å². The molecule has 144 valence electrons. The molecular formula is C21H30FNO3. The molecule has 1 rings (SSSR count). The Balaban J connectivity index is 2.11. The van der Waals surface area contributed by atoms with Crippen LogP contribution >= 0.6 is 0 Å². The summed E-state index contributed by atoms with van der Waals surface area (Å²) in [6, 6.07) is 4.57. The zero-order chi connectivity index (χ0) is 19.2. The van der Waals surface area contributed by atoms with Crippen LogP contribution in [0.25, 0.3) is 0 Å². The van der Waals surface area contributed by atoms with Crippen LogP contribution in [0.3, 0.4) is 0 Å². The minimum Gasteiger partial charge on any atom is -0.464 e. The second kappa shape index (κ2) is 13.1. The van der Waals surface area contributed by atoms with Crippen molar-refractivity contribution in [1.29, 1.82) is 0 Å². The van der Waals surface area contributed by atoms with Crippen molar-refractivity contribution < 1.29 is 18.7 Å². The van der Waals surface area contributed by atoms with Crippen LogP contribution in [0.2, 0.25) is 0 Å². The van der Waals surface area contributed by atoms with E-state index in [0.29, 0.717) is 6.61 Å². The van der Waals surface area contributed by atoms with Crippen molar-refractivity contribution >= 4 is 11.9 Å². The highest BCUT2D eigenvalue weighted by molar-refractivity contribution is 5.96. The summed E-state index contributed by atoms with van der Waals surface area (Å²) in [6.45, 7) is 5.62. The molecule has 0 aliphatic heterocycles. The van der Waals surface area contributed by atoms with Gasteiger partial charge in [-0.3, -0.25) is 4.79 Å². The van der Waals surface area contributed by atoms with E-state index in [2.05, 4.69) is 11.9 Å². The average molecular weight is 363 g/mol. The molecule has 0 spiro atoms. The third kappa shape index (κ3) is 9.35. The Morgan fingerprint density at radius 2 is 1.81 bits per heavy atom. The van der Waals surface area contributed by atoms with Crippen molar-refractivity contribution in [2.24, 2.45) is 0 Å². The largest absolute Gasteiger partial charge is 0.464 e. The fourth-order valence-electron chi connectivity index (χ4n) is 2.54. The Hall–Kier alpha value is -2.17. The molecule has 0 aliphatic rings. The van der Waals surface area contributed by atoms with Crippen LogP contribution in [0, 0.1) is 5.82 Å². The van der Waals surface area contributed by atoms with Crippen LogP contribution in [0.5, 0.6) is 0 Å². The van der Waals surface area contributed by atoms with Gasteiger partial charge in [0.1, 0.15) is 11.9 Å². The lowest BCUT2D eigenvalue weighted by Gasteiger charge is -2.13. The van der Waals surface area contributed by atoms with Gasteiger partial charge in [0.15, 0.2) is 0 Å². The van der Waals surface area contributed by atoms with Crippen molar-refractivity contribution in [1.82, 2.24) is 5.32 Å². The summed E-state index contributed by atoms with van der Waals surface area (Å²) in [5.41, 5.74) is 0.178. The highest BCUT2D eigenvalue weighted by Gasteiger charge is 2.18. The minimum absolute atomic E-state index is 0.178. The molecule has 1 aromatic rings. The van der Waals surface area contributed by atoms with Gasteiger partial charge in [-0.25, -0.2) is 9.18 Å². The summed E-state index contributed by atoms with van der Waals surface area (Å²) < 4.78 is 18.3. The number of ether oxygens (including phenoxy) is 1. The van der Waals surface area contributed by atoms with Gasteiger partial charge in [-0.2, -0.15) is 0 Å². The van der Waals surface area contributed by atoms with Crippen LogP contribution in [-0.2, 0) is 9.53 Å². The number of amides is 1. The predicted octanol–water partition coefficient (Wildman–Crippen LogP) is 4.79. The van der Waals surface area contributed by atoms with Gasteiger partial charge in [0, 0.05) is 5.56 Å². The normalized spacial score (nSPS) is 11.6. The third-order valence-electron chi connectivity index (χ3n) is 4.08. The van der Waals surface area contributed by atoms with Gasteiger partial charge in [0.05, 0.1) is 6.61 Å². The molecule has 4 nitrogen and oxygen atoms in total. The lowest BCUT2D eigenvalue weighted by molar-refractivity contribution is -0.145. The molecule has 26 heavy (non-hydrogen) atoms. The van der Waals surface area contributed by atoms with Gasteiger partial charge in [-0.1, -0.05) is 44.2 Å². The highest BCUT2D eigenvalue weighted by Crippen LogP contribution is 2.09. The molecule has 1 aromatic carbocycles. The van der Waals surface area contributed by atoms with E-state index in [0.717, 1.165) is 31.7 Å². The topological polar surface area (TPSA) is 55.4 Å². The second-order valence-electron chi connectivity index (χ2n) is 6.43. The number of carbonyl (C=O) groups is 2. The molecule has 0 heterocycles. The molecule has 0 saturated carbocycles. The second-order valence-corrected chi connectivity index (χ2v) is 6.43. The Morgan fingerprint density at radius 3 is 2.46 bits per heavy atom. The molecule has 0 aliphatic carbocycles. The first kappa shape index (κ1) is 21.9. The quantitative estimate of drug-likeness (QED) is 0.311. The molecule has 1 unspecified atom stereocenters. The van der Waals surface area contributed by atoms with Crippen molar-refractivity contribution in [2.75, 3.05) is 6.61 Å². The summed E-state index contributed by atoms with van der Waals surface area (Å²) in [6.07, 6.45) is 10.9. The molecule has 1 amide bonds. The van der Waals surface area contributed by atoms with E-state index in [1.165, 1.54) is 43.9 Å². The van der Waals surface area contributed by atoms with Crippen molar-refractivity contribution in [3.05, 3.63) is 48.3 Å². The third-order valence-corrected chi connectivity index (χ3v) is 4.08. The molecule has 1 atom stereocenters. The minimum atomic E-state index is -0.768. The number of hydrogen-bond donors (Lipinski definition) is 1. The number of allylic oxidation sites excluding steroid dienone is 1. The summed E-state index contributed by atoms with van der Waals surface area (Å²) >= 11 is 0. The molecule has 1 N–H and O–H groups in total. The van der Waals surface area contributed by atoms with Gasteiger partial charge in [-0.15, -0.1) is 6.58 Å². The maximum Gasteiger partial charge on any atom is 0.328 e. The van der Waals surface area contributed by atoms with Crippen molar-refractivity contribution in [3.63, 3.8) is 0 Å². The smallest absolute Gasteiger partial charge is 0.328 e. The van der Waals surface area contributed by atoms with Gasteiger partial charge < -0.3 is 10.1 Å². The van der Waals surface area contributed by atoms with Crippen LogP contribution in [0.1, 0.15) is 68.6 Å². The van der Waals surface area contributed by atoms with Gasteiger partial charge >= 0.3 is 5.97 Å². The zero-order valence-electron chi connectivity index (χ0n) is 15.6. The Morgan fingerprint density at radius 1 is 1.15 bits per heavy atom. The molecular weight excluding hydrogens is 333 g/mol. The fraction of sp³-hybridized carbons (Fsp3) is 0.524. The monoisotopic (exact) mass is 363 g/mol. The first-order chi connectivity index (χ1) is 12.5. The Bertz CT molecular complexity index is 574. The van der Waals surface area contributed by atoms with E-state index in [-0.39, 0.29) is 5.56 Å². The van der Waals surface area contributed by atoms with Gasteiger partial charge in [0.25, 0.3) is 5.91 Å². The van der Waals surface area contributed by atoms with E-state index >= 15 is 0 Å². The number of nitrogens with one attached hydrogen (secondary N) is 1. The number of esters is 1. The number of rotatable bonds is 13. The summed E-state index contributed by atoms with van der Waals surface area (Å²) in [5.74, 6) is -1.46. The SMILES string of the molecule is C=CCCCCCCCCCOC(=O)C(C)NC(=O)c1cccc(F)c1. The van der Waals surface area contributed by atoms with E-state index in [1.54, 1.807) is 6.92 Å². The lowest BCUT2D eigenvalue weighted by atomic mass is 10.1. The fourth-order valence-corrected chi connectivity index (χ4v) is 2.54. The summed E-state index contributed by atoms with van der Waals surface area (Å²) in [5, 5.41) is 2.52.